The third kappa shape index (κ3) is 4.00. The molecular formula is C17H16ClN3O4. The third-order valence-electron chi connectivity index (χ3n) is 3.83. The van der Waals surface area contributed by atoms with E-state index < -0.39 is 11.0 Å². The van der Waals surface area contributed by atoms with Crippen molar-refractivity contribution < 1.29 is 14.5 Å². The Morgan fingerprint density at radius 3 is 2.88 bits per heavy atom. The number of hydrogen-bond acceptors (Lipinski definition) is 5. The van der Waals surface area contributed by atoms with Crippen LogP contribution >= 0.6 is 11.6 Å². The van der Waals surface area contributed by atoms with E-state index in [0.717, 1.165) is 5.56 Å². The van der Waals surface area contributed by atoms with E-state index in [2.05, 4.69) is 10.6 Å². The Kier molecular flexibility index (Phi) is 5.04. The summed E-state index contributed by atoms with van der Waals surface area (Å²) in [5.41, 5.74) is 1.33. The Balaban J connectivity index is 1.47. The molecule has 2 aromatic rings. The van der Waals surface area contributed by atoms with Crippen LogP contribution in [0.15, 0.2) is 42.5 Å². The molecule has 1 unspecified atom stereocenters. The summed E-state index contributed by atoms with van der Waals surface area (Å²) in [5, 5.41) is 17.3. The summed E-state index contributed by atoms with van der Waals surface area (Å²) in [5.74, 6) is 0.444. The van der Waals surface area contributed by atoms with Crippen molar-refractivity contribution in [1.82, 2.24) is 5.32 Å². The Morgan fingerprint density at radius 2 is 2.08 bits per heavy atom. The minimum absolute atomic E-state index is 0.000260. The molecule has 1 heterocycles. The number of amides is 1. The molecule has 0 saturated carbocycles. The number of fused-ring (bicyclic) bond motifs is 1. The van der Waals surface area contributed by atoms with Crippen molar-refractivity contribution in [2.45, 2.75) is 12.5 Å². The third-order valence-corrected chi connectivity index (χ3v) is 4.07. The van der Waals surface area contributed by atoms with Crippen LogP contribution in [0.2, 0.25) is 5.02 Å². The Labute approximate surface area is 149 Å². The predicted molar refractivity (Wildman–Crippen MR) is 94.2 cm³/mol. The number of nitro groups is 1. The number of para-hydroxylation sites is 2. The zero-order valence-electron chi connectivity index (χ0n) is 13.2. The largest absolute Gasteiger partial charge is 0.480 e. The van der Waals surface area contributed by atoms with Crippen LogP contribution in [0.4, 0.5) is 11.4 Å². The highest BCUT2D eigenvalue weighted by Crippen LogP contribution is 2.31. The lowest BCUT2D eigenvalue weighted by Crippen LogP contribution is -2.39. The van der Waals surface area contributed by atoms with E-state index in [-0.39, 0.29) is 11.6 Å². The molecule has 0 fully saturated rings. The Bertz CT molecular complexity index is 812. The van der Waals surface area contributed by atoms with Gasteiger partial charge in [-0.3, -0.25) is 14.9 Å². The molecule has 0 bridgehead atoms. The van der Waals surface area contributed by atoms with E-state index in [9.17, 15) is 14.9 Å². The average Bonchev–Trinajstić information content (AvgIpc) is 3.02. The standard InChI is InChI=1S/C17H16ClN3O4/c18-12-5-6-15-11(9-12)10-16(25-15)17(22)20-8-7-19-13-3-1-2-4-14(13)21(23)24/h1-6,9,16,19H,7-8,10H2,(H,20,22). The Morgan fingerprint density at radius 1 is 1.28 bits per heavy atom. The first-order valence-electron chi connectivity index (χ1n) is 7.74. The van der Waals surface area contributed by atoms with E-state index in [1.54, 1.807) is 36.4 Å². The van der Waals surface area contributed by atoms with Crippen molar-refractivity contribution >= 4 is 28.9 Å². The number of carbonyl (C=O) groups is 1. The van der Waals surface area contributed by atoms with E-state index in [0.29, 0.717) is 36.0 Å². The molecule has 0 aliphatic carbocycles. The van der Waals surface area contributed by atoms with Crippen molar-refractivity contribution in [2.24, 2.45) is 0 Å². The van der Waals surface area contributed by atoms with Crippen molar-refractivity contribution in [3.63, 3.8) is 0 Å². The fraction of sp³-hybridized carbons (Fsp3) is 0.235. The van der Waals surface area contributed by atoms with E-state index >= 15 is 0 Å². The fourth-order valence-corrected chi connectivity index (χ4v) is 2.84. The van der Waals surface area contributed by atoms with Crippen LogP contribution < -0.4 is 15.4 Å². The quantitative estimate of drug-likeness (QED) is 0.469. The van der Waals surface area contributed by atoms with Gasteiger partial charge >= 0.3 is 0 Å². The summed E-state index contributed by atoms with van der Waals surface area (Å²) in [4.78, 5) is 22.7. The van der Waals surface area contributed by atoms with Gasteiger partial charge in [0.15, 0.2) is 6.10 Å². The summed E-state index contributed by atoms with van der Waals surface area (Å²) in [6.07, 6.45) is -0.112. The number of ether oxygens (including phenoxy) is 1. The molecule has 2 aromatic carbocycles. The van der Waals surface area contributed by atoms with Gasteiger partial charge in [0.2, 0.25) is 0 Å². The van der Waals surface area contributed by atoms with Gasteiger partial charge in [0, 0.05) is 30.6 Å². The second-order valence-electron chi connectivity index (χ2n) is 5.55. The van der Waals surface area contributed by atoms with Crippen molar-refractivity contribution in [1.29, 1.82) is 0 Å². The molecule has 1 aliphatic rings. The molecule has 130 valence electrons. The monoisotopic (exact) mass is 361 g/mol. The van der Waals surface area contributed by atoms with Crippen LogP contribution in [0.3, 0.4) is 0 Å². The van der Waals surface area contributed by atoms with Gasteiger partial charge in [-0.15, -0.1) is 0 Å². The van der Waals surface area contributed by atoms with Crippen LogP contribution in [-0.4, -0.2) is 30.0 Å². The van der Waals surface area contributed by atoms with Crippen LogP contribution in [-0.2, 0) is 11.2 Å². The fourth-order valence-electron chi connectivity index (χ4n) is 2.64. The molecule has 2 N–H and O–H groups in total. The smallest absolute Gasteiger partial charge is 0.292 e. The summed E-state index contributed by atoms with van der Waals surface area (Å²) in [6.45, 7) is 0.684. The highest BCUT2D eigenvalue weighted by molar-refractivity contribution is 6.30. The number of nitrogens with one attached hydrogen (secondary N) is 2. The lowest BCUT2D eigenvalue weighted by molar-refractivity contribution is -0.384. The maximum absolute atomic E-state index is 12.2. The van der Waals surface area contributed by atoms with Crippen LogP contribution in [0, 0.1) is 10.1 Å². The maximum atomic E-state index is 12.2. The minimum Gasteiger partial charge on any atom is -0.480 e. The van der Waals surface area contributed by atoms with Gasteiger partial charge in [-0.05, 0) is 29.8 Å². The van der Waals surface area contributed by atoms with Crippen molar-refractivity contribution in [3.05, 3.63) is 63.2 Å². The van der Waals surface area contributed by atoms with E-state index in [1.807, 2.05) is 0 Å². The highest BCUT2D eigenvalue weighted by atomic mass is 35.5. The van der Waals surface area contributed by atoms with Crippen LogP contribution in [0.25, 0.3) is 0 Å². The summed E-state index contributed by atoms with van der Waals surface area (Å²) in [6, 6.07) is 11.6. The van der Waals surface area contributed by atoms with E-state index in [4.69, 9.17) is 16.3 Å². The first-order chi connectivity index (χ1) is 12.0. The topological polar surface area (TPSA) is 93.5 Å². The second kappa shape index (κ2) is 7.40. The number of halogens is 1. The first-order valence-corrected chi connectivity index (χ1v) is 8.12. The molecule has 1 aliphatic heterocycles. The van der Waals surface area contributed by atoms with Gasteiger partial charge in [0.25, 0.3) is 11.6 Å². The molecule has 1 atom stereocenters. The second-order valence-corrected chi connectivity index (χ2v) is 5.99. The zero-order valence-corrected chi connectivity index (χ0v) is 14.0. The van der Waals surface area contributed by atoms with Gasteiger partial charge < -0.3 is 15.4 Å². The zero-order chi connectivity index (χ0) is 17.8. The van der Waals surface area contributed by atoms with Crippen LogP contribution in [0.5, 0.6) is 5.75 Å². The molecule has 0 radical (unpaired) electrons. The molecule has 0 spiro atoms. The van der Waals surface area contributed by atoms with Gasteiger partial charge in [0.1, 0.15) is 11.4 Å². The average molecular weight is 362 g/mol. The number of nitrogens with zero attached hydrogens (tertiary/aromatic N) is 1. The SMILES string of the molecule is O=C(NCCNc1ccccc1[N+](=O)[O-])C1Cc2cc(Cl)ccc2O1. The first kappa shape index (κ1) is 17.0. The maximum Gasteiger partial charge on any atom is 0.292 e. The molecule has 3 rings (SSSR count). The van der Waals surface area contributed by atoms with Gasteiger partial charge in [-0.2, -0.15) is 0 Å². The van der Waals surface area contributed by atoms with Crippen molar-refractivity contribution in [2.75, 3.05) is 18.4 Å². The summed E-state index contributed by atoms with van der Waals surface area (Å²) in [7, 11) is 0. The highest BCUT2D eigenvalue weighted by Gasteiger charge is 2.28. The van der Waals surface area contributed by atoms with Crippen LogP contribution in [0.1, 0.15) is 5.56 Å². The summed E-state index contributed by atoms with van der Waals surface area (Å²) < 4.78 is 5.61. The molecule has 8 heteroatoms. The number of nitro benzene ring substituents is 1. The van der Waals surface area contributed by atoms with E-state index in [1.165, 1.54) is 6.07 Å². The number of benzene rings is 2. The minimum atomic E-state index is -0.584. The molecular weight excluding hydrogens is 346 g/mol. The number of carbonyl (C=O) groups excluding carboxylic acids is 1. The van der Waals surface area contributed by atoms with Crippen molar-refractivity contribution in [3.8, 4) is 5.75 Å². The lowest BCUT2D eigenvalue weighted by atomic mass is 10.1. The molecule has 7 nitrogen and oxygen atoms in total. The molecule has 0 saturated heterocycles. The Hall–Kier alpha value is -2.80. The lowest BCUT2D eigenvalue weighted by Gasteiger charge is -2.12. The van der Waals surface area contributed by atoms with Gasteiger partial charge in [0.05, 0.1) is 4.92 Å². The van der Waals surface area contributed by atoms with Gasteiger partial charge in [-0.25, -0.2) is 0 Å². The number of rotatable bonds is 6. The predicted octanol–water partition coefficient (Wildman–Crippen LogP) is 2.78. The normalized spacial score (nSPS) is 15.2. The number of hydrogen-bond donors (Lipinski definition) is 2. The summed E-state index contributed by atoms with van der Waals surface area (Å²) >= 11 is 5.93. The van der Waals surface area contributed by atoms with Gasteiger partial charge in [-0.1, -0.05) is 23.7 Å². The molecule has 1 amide bonds. The molecule has 0 aromatic heterocycles. The number of anilines is 1. The molecule has 25 heavy (non-hydrogen) atoms.